The van der Waals surface area contributed by atoms with Gasteiger partial charge in [-0.15, -0.1) is 0 Å². The van der Waals surface area contributed by atoms with Crippen LogP contribution in [0.2, 0.25) is 0 Å². The number of rotatable bonds is 6. The normalized spacial score (nSPS) is 41.6. The number of ether oxygens (including phenoxy) is 2. The zero-order chi connectivity index (χ0) is 41.8. The van der Waals surface area contributed by atoms with Gasteiger partial charge in [-0.1, -0.05) is 42.5 Å². The van der Waals surface area contributed by atoms with E-state index in [0.29, 0.717) is 30.5 Å². The zero-order valence-electron chi connectivity index (χ0n) is 35.1. The number of nitrogens with zero attached hydrogens (tertiary/aromatic N) is 6. The molecule has 15 rings (SSSR count). The minimum Gasteiger partial charge on any atom is -0.478 e. The number of fused-ring (bicyclic) bond motifs is 6. The molecule has 12 heteroatoms. The third-order valence-corrected chi connectivity index (χ3v) is 19.5. The van der Waals surface area contributed by atoms with E-state index in [9.17, 15) is 20.2 Å². The fourth-order valence-electron chi connectivity index (χ4n) is 17.8. The molecule has 4 aromatic rings. The summed E-state index contributed by atoms with van der Waals surface area (Å²) < 4.78 is 17.0. The molecule has 0 aromatic heterocycles. The molecule has 63 heavy (non-hydrogen) atoms. The Morgan fingerprint density at radius 3 is 1.68 bits per heavy atom. The molecule has 9 aliphatic heterocycles. The number of non-ortho nitro benzene ring substituents is 2. The van der Waals surface area contributed by atoms with Crippen LogP contribution < -0.4 is 9.80 Å². The van der Waals surface area contributed by atoms with Crippen molar-refractivity contribution in [2.24, 2.45) is 23.7 Å². The molecule has 7 fully saturated rings. The molecule has 0 N–H and O–H groups in total. The van der Waals surface area contributed by atoms with Gasteiger partial charge < -0.3 is 28.2 Å². The smallest absolute Gasteiger partial charge is 0.269 e. The van der Waals surface area contributed by atoms with Crippen LogP contribution in [0.1, 0.15) is 47.9 Å². The maximum Gasteiger partial charge on any atom is 0.269 e. The molecule has 2 saturated carbocycles. The Hall–Kier alpha value is -5.56. The molecule has 9 heterocycles. The largest absolute Gasteiger partial charge is 0.478 e. The van der Waals surface area contributed by atoms with Crippen LogP contribution in [-0.4, -0.2) is 88.2 Å². The number of benzene rings is 4. The first-order valence-corrected chi connectivity index (χ1v) is 23.3. The summed E-state index contributed by atoms with van der Waals surface area (Å²) in [4.78, 5) is 28.5. The van der Waals surface area contributed by atoms with Gasteiger partial charge in [-0.05, 0) is 53.1 Å². The van der Waals surface area contributed by atoms with Crippen molar-refractivity contribution in [2.75, 3.05) is 42.6 Å². The molecule has 0 amide bonds. The summed E-state index contributed by atoms with van der Waals surface area (Å²) in [5, 5.41) is 23.4. The summed E-state index contributed by atoms with van der Waals surface area (Å²) in [6.45, 7) is 6.35. The molecule has 12 nitrogen and oxygen atoms in total. The molecule has 2 unspecified atom stereocenters. The number of piperidine rings is 2. The van der Waals surface area contributed by atoms with Crippen molar-refractivity contribution in [3.05, 3.63) is 163 Å². The minimum atomic E-state index is -0.295. The van der Waals surface area contributed by atoms with Gasteiger partial charge in [-0.2, -0.15) is 0 Å². The lowest BCUT2D eigenvalue weighted by Gasteiger charge is -2.66. The number of anilines is 2. The monoisotopic (exact) mass is 842 g/mol. The molecule has 2 spiro atoms. The van der Waals surface area contributed by atoms with Gasteiger partial charge in [0.2, 0.25) is 0 Å². The van der Waals surface area contributed by atoms with Crippen molar-refractivity contribution >= 4 is 22.7 Å². The highest BCUT2D eigenvalue weighted by Crippen LogP contribution is 2.73. The van der Waals surface area contributed by atoms with Crippen LogP contribution in [0.5, 0.6) is 0 Å². The molecule has 0 radical (unpaired) electrons. The minimum absolute atomic E-state index is 0.105. The number of quaternary nitrogens is 2. The average molecular weight is 843 g/mol. The molecule has 5 saturated heterocycles. The van der Waals surface area contributed by atoms with E-state index in [0.717, 1.165) is 79.5 Å². The Morgan fingerprint density at radius 1 is 0.635 bits per heavy atom. The van der Waals surface area contributed by atoms with E-state index in [1.807, 2.05) is 24.3 Å². The molecule has 2 aliphatic carbocycles. The van der Waals surface area contributed by atoms with Crippen molar-refractivity contribution in [2.45, 2.75) is 86.2 Å². The summed E-state index contributed by atoms with van der Waals surface area (Å²) in [7, 11) is 0. The van der Waals surface area contributed by atoms with E-state index >= 15 is 0 Å². The summed E-state index contributed by atoms with van der Waals surface area (Å²) >= 11 is 0. The second kappa shape index (κ2) is 11.8. The molecular weight excluding hydrogens is 793 g/mol. The number of hydrogen-bond acceptors (Lipinski definition) is 8. The second-order valence-corrected chi connectivity index (χ2v) is 21.3. The SMILES string of the molecule is O=[N+]([O-])c1ccc(C[N+]23CC[C@@]45c6ccccc6N6[C@@H]7OC=C8C[N+]9(Cc%10ccc([N+](=O)[O-])cc%10)CC[C@]%10%11c%12ccccc%12N([C@@H]%12OCC=C(C2)[C@H](C[C@@H]43)[C@@H]%12[C@H]65)[C@H]%10[C@H]7[C@H]8C[C@@H]%119)cc1. The molecule has 4 bridgehead atoms. The predicted molar refractivity (Wildman–Crippen MR) is 233 cm³/mol. The first kappa shape index (κ1) is 35.9. The van der Waals surface area contributed by atoms with E-state index in [1.54, 1.807) is 29.8 Å². The van der Waals surface area contributed by atoms with Gasteiger partial charge >= 0.3 is 0 Å². The van der Waals surface area contributed by atoms with Crippen molar-refractivity contribution in [1.82, 2.24) is 0 Å². The summed E-state index contributed by atoms with van der Waals surface area (Å²) in [5.41, 5.74) is 11.1. The van der Waals surface area contributed by atoms with Crippen molar-refractivity contribution in [1.29, 1.82) is 0 Å². The summed E-state index contributed by atoms with van der Waals surface area (Å²) in [6, 6.07) is 34.7. The van der Waals surface area contributed by atoms with E-state index in [1.165, 1.54) is 33.6 Å². The predicted octanol–water partition coefficient (Wildman–Crippen LogP) is 7.47. The third-order valence-electron chi connectivity index (χ3n) is 19.5. The standard InChI is InChI=1S/C51H50N6O6/c58-54(59)34-13-9-30(10-14-34)25-56-20-18-50-39-6-2-4-8-41(39)53-46(50)44-36(23-42(50)56)32(27-56)17-22-62-48(44)52-40-7-3-1-5-38(40)51-19-21-57(26-31-11-15-35(16-12-31)55(60)61)28-33-29-63-49(53)45(47(51)52)37(33)24-43(51)57/h1-17,29,36-37,42-49H,18-28H2/q+2/t36-,37-,42-,43-,44+,45+,46-,47-,48+,49+,50+,51+,56?,57?/m0/s1. The zero-order valence-corrected chi connectivity index (χ0v) is 35.1. The van der Waals surface area contributed by atoms with Gasteiger partial charge in [0.15, 0.2) is 6.23 Å². The molecule has 11 aliphatic rings. The first-order valence-electron chi connectivity index (χ1n) is 23.3. The average Bonchev–Trinajstić information content (AvgIpc) is 3.96. The number of nitro benzene ring substituents is 2. The van der Waals surface area contributed by atoms with Gasteiger partial charge in [-0.25, -0.2) is 0 Å². The van der Waals surface area contributed by atoms with Crippen LogP contribution in [0.4, 0.5) is 22.7 Å². The van der Waals surface area contributed by atoms with Crippen molar-refractivity contribution in [3.63, 3.8) is 0 Å². The topological polar surface area (TPSA) is 111 Å². The number of hydrogen-bond donors (Lipinski definition) is 0. The van der Waals surface area contributed by atoms with Crippen LogP contribution in [0.3, 0.4) is 0 Å². The van der Waals surface area contributed by atoms with Crippen LogP contribution in [0.25, 0.3) is 0 Å². The molecule has 14 atom stereocenters. The number of para-hydroxylation sites is 2. The highest BCUT2D eigenvalue weighted by Gasteiger charge is 2.81. The maximum absolute atomic E-state index is 11.7. The van der Waals surface area contributed by atoms with Crippen molar-refractivity contribution < 1.29 is 28.3 Å². The van der Waals surface area contributed by atoms with E-state index in [2.05, 4.69) is 70.7 Å². The number of nitro groups is 2. The quantitative estimate of drug-likeness (QED) is 0.0852. The Labute approximate surface area is 365 Å². The van der Waals surface area contributed by atoms with Crippen LogP contribution in [0.15, 0.2) is 121 Å². The lowest BCUT2D eigenvalue weighted by molar-refractivity contribution is -0.955. The van der Waals surface area contributed by atoms with Gasteiger partial charge in [0, 0.05) is 102 Å². The van der Waals surface area contributed by atoms with Crippen LogP contribution in [0, 0.1) is 43.9 Å². The highest BCUT2D eigenvalue weighted by atomic mass is 16.6. The summed E-state index contributed by atoms with van der Waals surface area (Å²) in [6.07, 6.45) is 8.82. The Kier molecular flexibility index (Phi) is 6.69. The van der Waals surface area contributed by atoms with Crippen LogP contribution in [-0.2, 0) is 33.4 Å². The van der Waals surface area contributed by atoms with Gasteiger partial charge in [0.25, 0.3) is 11.4 Å². The fraction of sp³-hybridized carbons (Fsp3) is 0.451. The van der Waals surface area contributed by atoms with E-state index < -0.39 is 0 Å². The third kappa shape index (κ3) is 4.12. The van der Waals surface area contributed by atoms with Gasteiger partial charge in [0.05, 0.1) is 58.7 Å². The maximum atomic E-state index is 11.7. The Morgan fingerprint density at radius 2 is 1.13 bits per heavy atom. The van der Waals surface area contributed by atoms with Crippen LogP contribution >= 0.6 is 0 Å². The lowest BCUT2D eigenvalue weighted by Crippen LogP contribution is -2.78. The van der Waals surface area contributed by atoms with Crippen molar-refractivity contribution in [3.8, 4) is 0 Å². The van der Waals surface area contributed by atoms with E-state index in [4.69, 9.17) is 9.47 Å². The summed E-state index contributed by atoms with van der Waals surface area (Å²) in [5.74, 6) is 1.16. The Bertz CT molecular complexity index is 2780. The first-order chi connectivity index (χ1) is 30.7. The van der Waals surface area contributed by atoms with Gasteiger partial charge in [0.1, 0.15) is 44.5 Å². The fourth-order valence-corrected chi connectivity index (χ4v) is 17.8. The second-order valence-electron chi connectivity index (χ2n) is 21.3. The Balaban J connectivity index is 0.929. The molecule has 318 valence electrons. The van der Waals surface area contributed by atoms with Gasteiger partial charge in [-0.3, -0.25) is 20.2 Å². The molecular formula is C51H50N6O6+2. The van der Waals surface area contributed by atoms with E-state index in [-0.39, 0.29) is 68.4 Å². The lowest BCUT2D eigenvalue weighted by atomic mass is 9.52. The molecule has 4 aromatic carbocycles. The highest BCUT2D eigenvalue weighted by molar-refractivity contribution is 5.72.